The first kappa shape index (κ1) is 21.4. The van der Waals surface area contributed by atoms with Gasteiger partial charge in [-0.1, -0.05) is 47.8 Å². The van der Waals surface area contributed by atoms with E-state index < -0.39 is 0 Å². The third kappa shape index (κ3) is 4.44. The molecular weight excluding hydrogens is 439 g/mol. The molecule has 0 radical (unpaired) electrons. The Balaban J connectivity index is 1.66. The van der Waals surface area contributed by atoms with Crippen molar-refractivity contribution in [2.24, 2.45) is 5.92 Å². The molecule has 0 aliphatic carbocycles. The summed E-state index contributed by atoms with van der Waals surface area (Å²) in [5.74, 6) is 1.45. The fraction of sp³-hybridized carbons (Fsp3) is 0.333. The third-order valence-electron chi connectivity index (χ3n) is 5.86. The zero-order valence-electron chi connectivity index (χ0n) is 17.1. The number of rotatable bonds is 5. The predicted octanol–water partition coefficient (Wildman–Crippen LogP) is 7.66. The number of nitrogens with zero attached hydrogens (tertiary/aromatic N) is 1. The molecule has 1 fully saturated rings. The molecule has 0 unspecified atom stereocenters. The van der Waals surface area contributed by atoms with Crippen LogP contribution in [0.5, 0.6) is 5.75 Å². The van der Waals surface area contributed by atoms with Crippen molar-refractivity contribution in [2.45, 2.75) is 26.3 Å². The van der Waals surface area contributed by atoms with Gasteiger partial charge in [-0.2, -0.15) is 0 Å². The smallest absolute Gasteiger partial charge is 0.137 e. The first-order valence-electron chi connectivity index (χ1n) is 10.2. The molecule has 1 saturated heterocycles. The van der Waals surface area contributed by atoms with E-state index in [9.17, 15) is 0 Å². The molecule has 1 heterocycles. The van der Waals surface area contributed by atoms with Gasteiger partial charge in [0.05, 0.1) is 22.2 Å². The van der Waals surface area contributed by atoms with Crippen LogP contribution < -0.4 is 15.0 Å². The van der Waals surface area contributed by atoms with E-state index in [0.717, 1.165) is 41.0 Å². The Bertz CT molecular complexity index is 1060. The van der Waals surface area contributed by atoms with Crippen LogP contribution in [0.25, 0.3) is 10.8 Å². The Morgan fingerprint density at radius 1 is 0.933 bits per heavy atom. The minimum Gasteiger partial charge on any atom is -0.495 e. The Morgan fingerprint density at radius 2 is 1.63 bits per heavy atom. The second kappa shape index (κ2) is 9.13. The molecule has 4 rings (SSSR count). The molecule has 1 aliphatic rings. The number of anilines is 2. The summed E-state index contributed by atoms with van der Waals surface area (Å²) >= 11 is 19.1. The van der Waals surface area contributed by atoms with Crippen molar-refractivity contribution in [2.75, 3.05) is 30.4 Å². The first-order chi connectivity index (χ1) is 14.5. The highest BCUT2D eigenvalue weighted by Gasteiger charge is 2.19. The van der Waals surface area contributed by atoms with Crippen LogP contribution in [0.4, 0.5) is 11.4 Å². The fourth-order valence-electron chi connectivity index (χ4n) is 4.02. The lowest BCUT2D eigenvalue weighted by Crippen LogP contribution is -2.32. The Kier molecular flexibility index (Phi) is 6.52. The van der Waals surface area contributed by atoms with Crippen molar-refractivity contribution in [3.05, 3.63) is 63.1 Å². The Labute approximate surface area is 192 Å². The molecule has 158 valence electrons. The van der Waals surface area contributed by atoms with E-state index in [2.05, 4.69) is 29.3 Å². The number of hydrogen-bond donors (Lipinski definition) is 1. The zero-order valence-corrected chi connectivity index (χ0v) is 19.4. The molecule has 30 heavy (non-hydrogen) atoms. The van der Waals surface area contributed by atoms with Crippen molar-refractivity contribution >= 4 is 57.0 Å². The summed E-state index contributed by atoms with van der Waals surface area (Å²) in [6, 6.07) is 14.1. The molecule has 6 heteroatoms. The number of ether oxygens (including phenoxy) is 1. The number of nitrogens with one attached hydrogen (secondary N) is 1. The molecule has 0 saturated carbocycles. The molecule has 3 aromatic rings. The minimum absolute atomic E-state index is 0.559. The van der Waals surface area contributed by atoms with Gasteiger partial charge in [0, 0.05) is 41.8 Å². The van der Waals surface area contributed by atoms with Crippen LogP contribution in [-0.2, 0) is 6.54 Å². The van der Waals surface area contributed by atoms with Crippen molar-refractivity contribution in [1.82, 2.24) is 0 Å². The van der Waals surface area contributed by atoms with Gasteiger partial charge in [0.2, 0.25) is 0 Å². The van der Waals surface area contributed by atoms with Crippen LogP contribution in [0.2, 0.25) is 15.1 Å². The quantitative estimate of drug-likeness (QED) is 0.420. The van der Waals surface area contributed by atoms with Crippen LogP contribution in [0.15, 0.2) is 42.5 Å². The summed E-state index contributed by atoms with van der Waals surface area (Å²) < 4.78 is 5.24. The third-order valence-corrected chi connectivity index (χ3v) is 6.88. The van der Waals surface area contributed by atoms with Crippen molar-refractivity contribution in [1.29, 1.82) is 0 Å². The van der Waals surface area contributed by atoms with Crippen molar-refractivity contribution < 1.29 is 4.74 Å². The van der Waals surface area contributed by atoms with Gasteiger partial charge in [0.1, 0.15) is 5.75 Å². The van der Waals surface area contributed by atoms with Crippen LogP contribution in [0.3, 0.4) is 0 Å². The van der Waals surface area contributed by atoms with E-state index in [1.807, 2.05) is 30.3 Å². The SMILES string of the molecule is COc1ccc(CNc2ccc(N3CCC(C)CC3)c3cc(Cl)c(Cl)cc23)cc1Cl. The molecule has 0 atom stereocenters. The fourth-order valence-corrected chi connectivity index (χ4v) is 4.63. The van der Waals surface area contributed by atoms with Gasteiger partial charge in [-0.15, -0.1) is 0 Å². The van der Waals surface area contributed by atoms with Crippen LogP contribution >= 0.6 is 34.8 Å². The summed E-state index contributed by atoms with van der Waals surface area (Å²) in [7, 11) is 1.62. The van der Waals surface area contributed by atoms with E-state index in [1.54, 1.807) is 7.11 Å². The van der Waals surface area contributed by atoms with Gasteiger partial charge >= 0.3 is 0 Å². The standard InChI is InChI=1S/C24H25Cl3N2O/c1-15-7-9-29(10-8-15)23-5-4-22(17-12-19(25)20(26)13-18(17)23)28-14-16-3-6-24(30-2)21(27)11-16/h3-6,11-13,15,28H,7-10,14H2,1-2H3. The van der Waals surface area contributed by atoms with E-state index in [4.69, 9.17) is 39.5 Å². The average molecular weight is 464 g/mol. The maximum atomic E-state index is 6.40. The predicted molar refractivity (Wildman–Crippen MR) is 130 cm³/mol. The van der Waals surface area contributed by atoms with Gasteiger partial charge in [0.25, 0.3) is 0 Å². The molecule has 3 aromatic carbocycles. The summed E-state index contributed by atoms with van der Waals surface area (Å²) in [5.41, 5.74) is 3.31. The van der Waals surface area contributed by atoms with E-state index in [0.29, 0.717) is 27.4 Å². The second-order valence-corrected chi connectivity index (χ2v) is 9.16. The van der Waals surface area contributed by atoms with E-state index >= 15 is 0 Å². The normalized spacial score (nSPS) is 14.9. The summed E-state index contributed by atoms with van der Waals surface area (Å²) in [5, 5.41) is 7.47. The summed E-state index contributed by atoms with van der Waals surface area (Å²) in [4.78, 5) is 2.46. The van der Waals surface area contributed by atoms with Crippen LogP contribution in [0.1, 0.15) is 25.3 Å². The highest BCUT2D eigenvalue weighted by molar-refractivity contribution is 6.43. The molecule has 0 amide bonds. The van der Waals surface area contributed by atoms with Crippen LogP contribution in [-0.4, -0.2) is 20.2 Å². The molecule has 0 aromatic heterocycles. The summed E-state index contributed by atoms with van der Waals surface area (Å²) in [6.07, 6.45) is 2.42. The van der Waals surface area contributed by atoms with Crippen molar-refractivity contribution in [3.8, 4) is 5.75 Å². The lowest BCUT2D eigenvalue weighted by atomic mass is 9.97. The summed E-state index contributed by atoms with van der Waals surface area (Å²) in [6.45, 7) is 5.09. The van der Waals surface area contributed by atoms with Gasteiger partial charge in [0.15, 0.2) is 0 Å². The Hall–Kier alpha value is -1.81. The second-order valence-electron chi connectivity index (χ2n) is 7.94. The first-order valence-corrected chi connectivity index (χ1v) is 11.3. The van der Waals surface area contributed by atoms with Crippen LogP contribution in [0, 0.1) is 5.92 Å². The lowest BCUT2D eigenvalue weighted by molar-refractivity contribution is 0.415. The number of halogens is 3. The zero-order chi connectivity index (χ0) is 21.3. The molecule has 1 aliphatic heterocycles. The molecule has 0 bridgehead atoms. The largest absolute Gasteiger partial charge is 0.495 e. The number of benzene rings is 3. The average Bonchev–Trinajstić information content (AvgIpc) is 2.74. The number of hydrogen-bond acceptors (Lipinski definition) is 3. The van der Waals surface area contributed by atoms with Gasteiger partial charge < -0.3 is 15.0 Å². The maximum Gasteiger partial charge on any atom is 0.137 e. The molecular formula is C24H25Cl3N2O. The monoisotopic (exact) mass is 462 g/mol. The molecule has 0 spiro atoms. The number of piperidine rings is 1. The molecule has 3 nitrogen and oxygen atoms in total. The highest BCUT2D eigenvalue weighted by atomic mass is 35.5. The number of methoxy groups -OCH3 is 1. The van der Waals surface area contributed by atoms with Gasteiger partial charge in [-0.25, -0.2) is 0 Å². The van der Waals surface area contributed by atoms with Gasteiger partial charge in [-0.3, -0.25) is 0 Å². The van der Waals surface area contributed by atoms with Gasteiger partial charge in [-0.05, 0) is 60.7 Å². The van der Waals surface area contributed by atoms with Crippen molar-refractivity contribution in [3.63, 3.8) is 0 Å². The highest BCUT2D eigenvalue weighted by Crippen LogP contribution is 2.39. The molecule has 1 N–H and O–H groups in total. The maximum absolute atomic E-state index is 6.40. The van der Waals surface area contributed by atoms with E-state index in [1.165, 1.54) is 18.5 Å². The topological polar surface area (TPSA) is 24.5 Å². The minimum atomic E-state index is 0.559. The Morgan fingerprint density at radius 3 is 2.30 bits per heavy atom. The lowest BCUT2D eigenvalue weighted by Gasteiger charge is -2.33. The van der Waals surface area contributed by atoms with E-state index in [-0.39, 0.29) is 0 Å². The number of fused-ring (bicyclic) bond motifs is 1.